The van der Waals surface area contributed by atoms with Crippen molar-refractivity contribution in [3.8, 4) is 0 Å². The molecule has 2 heterocycles. The van der Waals surface area contributed by atoms with Crippen LogP contribution in [0.5, 0.6) is 0 Å². The van der Waals surface area contributed by atoms with Gasteiger partial charge in [0.25, 0.3) is 0 Å². The summed E-state index contributed by atoms with van der Waals surface area (Å²) in [6, 6.07) is 3.93. The lowest BCUT2D eigenvalue weighted by molar-refractivity contribution is 0.0812. The van der Waals surface area contributed by atoms with Crippen LogP contribution in [0, 0.1) is 13.8 Å². The van der Waals surface area contributed by atoms with Crippen LogP contribution in [0.25, 0.3) is 0 Å². The van der Waals surface area contributed by atoms with Gasteiger partial charge >= 0.3 is 0 Å². The molecule has 2 atom stereocenters. The Balaban J connectivity index is 1.91. The fourth-order valence-electron chi connectivity index (χ4n) is 2.44. The molecule has 1 N–H and O–H groups in total. The molecule has 1 fully saturated rings. The van der Waals surface area contributed by atoms with Crippen molar-refractivity contribution in [3.05, 3.63) is 29.1 Å². The largest absolute Gasteiger partial charge is 0.388 e. The van der Waals surface area contributed by atoms with Crippen molar-refractivity contribution >= 4 is 0 Å². The molecule has 1 aliphatic heterocycles. The van der Waals surface area contributed by atoms with E-state index in [1.165, 1.54) is 0 Å². The number of hydrogen-bond acceptors (Lipinski definition) is 3. The second kappa shape index (κ2) is 5.61. The Bertz CT molecular complexity index is 352. The molecule has 1 saturated heterocycles. The molecule has 0 aromatic carbocycles. The van der Waals surface area contributed by atoms with E-state index in [4.69, 9.17) is 4.74 Å². The molecule has 0 radical (unpaired) electrons. The van der Waals surface area contributed by atoms with Gasteiger partial charge in [0.15, 0.2) is 0 Å². The fourth-order valence-corrected chi connectivity index (χ4v) is 2.44. The number of rotatable bonds is 4. The summed E-state index contributed by atoms with van der Waals surface area (Å²) < 4.78 is 5.56. The molecular formula is C14H21NO2. The maximum atomic E-state index is 10.1. The second-order valence-electron chi connectivity index (χ2n) is 4.91. The van der Waals surface area contributed by atoms with Crippen LogP contribution >= 0.6 is 0 Å². The highest BCUT2D eigenvalue weighted by Gasteiger charge is 2.17. The van der Waals surface area contributed by atoms with Crippen LogP contribution in [0.2, 0.25) is 0 Å². The van der Waals surface area contributed by atoms with Crippen molar-refractivity contribution in [2.24, 2.45) is 0 Å². The summed E-state index contributed by atoms with van der Waals surface area (Å²) in [5.41, 5.74) is 2.92. The maximum absolute atomic E-state index is 10.1. The molecule has 3 heteroatoms. The molecule has 2 unspecified atom stereocenters. The Kier molecular flexibility index (Phi) is 4.13. The van der Waals surface area contributed by atoms with E-state index in [1.54, 1.807) is 0 Å². The number of aliphatic hydroxyl groups is 1. The van der Waals surface area contributed by atoms with E-state index in [9.17, 15) is 5.11 Å². The van der Waals surface area contributed by atoms with Crippen molar-refractivity contribution in [2.45, 2.75) is 51.7 Å². The molecular weight excluding hydrogens is 214 g/mol. The summed E-state index contributed by atoms with van der Waals surface area (Å²) in [4.78, 5) is 4.32. The van der Waals surface area contributed by atoms with Gasteiger partial charge in [-0.15, -0.1) is 0 Å². The highest BCUT2D eigenvalue weighted by molar-refractivity contribution is 5.22. The molecule has 94 valence electrons. The Morgan fingerprint density at radius 1 is 1.41 bits per heavy atom. The van der Waals surface area contributed by atoms with E-state index in [1.807, 2.05) is 26.0 Å². The molecule has 0 spiro atoms. The highest BCUT2D eigenvalue weighted by atomic mass is 16.5. The number of pyridine rings is 1. The first-order valence-corrected chi connectivity index (χ1v) is 6.40. The smallest absolute Gasteiger partial charge is 0.0792 e. The van der Waals surface area contributed by atoms with Gasteiger partial charge in [0.05, 0.1) is 12.2 Å². The Morgan fingerprint density at radius 2 is 2.12 bits per heavy atom. The minimum absolute atomic E-state index is 0.355. The highest BCUT2D eigenvalue weighted by Crippen LogP contribution is 2.24. The third-order valence-electron chi connectivity index (χ3n) is 3.27. The van der Waals surface area contributed by atoms with Crippen molar-refractivity contribution in [1.29, 1.82) is 0 Å². The number of ether oxygens (including phenoxy) is 1. The van der Waals surface area contributed by atoms with Crippen LogP contribution in [0.3, 0.4) is 0 Å². The average Bonchev–Trinajstić information content (AvgIpc) is 2.77. The molecule has 0 bridgehead atoms. The first kappa shape index (κ1) is 12.5. The minimum Gasteiger partial charge on any atom is -0.388 e. The van der Waals surface area contributed by atoms with E-state index in [0.717, 1.165) is 49.2 Å². The predicted octanol–water partition coefficient (Wildman–Crippen LogP) is 2.69. The Morgan fingerprint density at radius 3 is 2.71 bits per heavy atom. The standard InChI is InChI=1S/C14H21NO2/c1-10-8-12(9-11(2)15-10)14(16)6-5-13-4-3-7-17-13/h8-9,13-14,16H,3-7H2,1-2H3. The van der Waals surface area contributed by atoms with Crippen LogP contribution in [0.4, 0.5) is 0 Å². The lowest BCUT2D eigenvalue weighted by Crippen LogP contribution is -2.08. The first-order chi connectivity index (χ1) is 8.15. The monoisotopic (exact) mass is 235 g/mol. The van der Waals surface area contributed by atoms with E-state index >= 15 is 0 Å². The van der Waals surface area contributed by atoms with E-state index < -0.39 is 0 Å². The van der Waals surface area contributed by atoms with Gasteiger partial charge < -0.3 is 9.84 Å². The second-order valence-corrected chi connectivity index (χ2v) is 4.91. The van der Waals surface area contributed by atoms with E-state index in [0.29, 0.717) is 6.10 Å². The number of aliphatic hydroxyl groups excluding tert-OH is 1. The summed E-state index contributed by atoms with van der Waals surface area (Å²) in [7, 11) is 0. The molecule has 2 rings (SSSR count). The molecule has 0 amide bonds. The lowest BCUT2D eigenvalue weighted by atomic mass is 10.0. The Hall–Kier alpha value is -0.930. The lowest BCUT2D eigenvalue weighted by Gasteiger charge is -2.15. The van der Waals surface area contributed by atoms with Crippen molar-refractivity contribution in [1.82, 2.24) is 4.98 Å². The topological polar surface area (TPSA) is 42.4 Å². The summed E-state index contributed by atoms with van der Waals surface area (Å²) in [5.74, 6) is 0. The molecule has 3 nitrogen and oxygen atoms in total. The van der Waals surface area contributed by atoms with Crippen LogP contribution in [0.15, 0.2) is 12.1 Å². The van der Waals surface area contributed by atoms with Crippen molar-refractivity contribution < 1.29 is 9.84 Å². The zero-order valence-corrected chi connectivity index (χ0v) is 10.6. The quantitative estimate of drug-likeness (QED) is 0.872. The molecule has 0 saturated carbocycles. The average molecular weight is 235 g/mol. The van der Waals surface area contributed by atoms with Crippen LogP contribution in [-0.4, -0.2) is 22.8 Å². The van der Waals surface area contributed by atoms with Gasteiger partial charge in [-0.2, -0.15) is 0 Å². The van der Waals surface area contributed by atoms with Gasteiger partial charge in [0.1, 0.15) is 0 Å². The summed E-state index contributed by atoms with van der Waals surface area (Å²) in [5, 5.41) is 10.1. The molecule has 0 aliphatic carbocycles. The minimum atomic E-state index is -0.389. The number of hydrogen-bond donors (Lipinski definition) is 1. The van der Waals surface area contributed by atoms with Gasteiger partial charge in [0.2, 0.25) is 0 Å². The fraction of sp³-hybridized carbons (Fsp3) is 0.643. The molecule has 1 aliphatic rings. The summed E-state index contributed by atoms with van der Waals surface area (Å²) in [6.07, 6.45) is 3.98. The van der Waals surface area contributed by atoms with Gasteiger partial charge in [0, 0.05) is 18.0 Å². The zero-order valence-electron chi connectivity index (χ0n) is 10.6. The molecule has 1 aromatic rings. The van der Waals surface area contributed by atoms with Gasteiger partial charge in [-0.3, -0.25) is 4.98 Å². The maximum Gasteiger partial charge on any atom is 0.0792 e. The molecule has 1 aromatic heterocycles. The summed E-state index contributed by atoms with van der Waals surface area (Å²) in [6.45, 7) is 4.81. The third kappa shape index (κ3) is 3.51. The van der Waals surface area contributed by atoms with E-state index in [-0.39, 0.29) is 6.10 Å². The number of aryl methyl sites for hydroxylation is 2. The van der Waals surface area contributed by atoms with E-state index in [2.05, 4.69) is 4.98 Å². The van der Waals surface area contributed by atoms with Gasteiger partial charge in [-0.1, -0.05) is 0 Å². The first-order valence-electron chi connectivity index (χ1n) is 6.40. The van der Waals surface area contributed by atoms with Gasteiger partial charge in [-0.25, -0.2) is 0 Å². The van der Waals surface area contributed by atoms with Gasteiger partial charge in [-0.05, 0) is 57.2 Å². The zero-order chi connectivity index (χ0) is 12.3. The summed E-state index contributed by atoms with van der Waals surface area (Å²) >= 11 is 0. The van der Waals surface area contributed by atoms with Crippen molar-refractivity contribution in [2.75, 3.05) is 6.61 Å². The predicted molar refractivity (Wildman–Crippen MR) is 66.9 cm³/mol. The van der Waals surface area contributed by atoms with Crippen LogP contribution in [0.1, 0.15) is 48.7 Å². The van der Waals surface area contributed by atoms with Crippen LogP contribution in [-0.2, 0) is 4.74 Å². The normalized spacial score (nSPS) is 21.7. The Labute approximate surface area is 103 Å². The third-order valence-corrected chi connectivity index (χ3v) is 3.27. The number of aromatic nitrogens is 1. The van der Waals surface area contributed by atoms with Crippen molar-refractivity contribution in [3.63, 3.8) is 0 Å². The SMILES string of the molecule is Cc1cc(C(O)CCC2CCCO2)cc(C)n1. The molecule has 17 heavy (non-hydrogen) atoms. The number of nitrogens with zero attached hydrogens (tertiary/aromatic N) is 1. The van der Waals surface area contributed by atoms with Crippen LogP contribution < -0.4 is 0 Å².